The number of benzene rings is 2. The van der Waals surface area contributed by atoms with Gasteiger partial charge in [-0.15, -0.1) is 0 Å². The largest absolute Gasteiger partial charge is 0.455 e. The Balaban J connectivity index is 1.43. The lowest BCUT2D eigenvalue weighted by atomic mass is 10.0. The Morgan fingerprint density at radius 1 is 0.794 bits per heavy atom. The van der Waals surface area contributed by atoms with Gasteiger partial charge < -0.3 is 24.3 Å². The molecule has 34 heavy (non-hydrogen) atoms. The Hall–Kier alpha value is -3.15. The molecule has 2 aliphatic rings. The first-order chi connectivity index (χ1) is 16.7. The van der Waals surface area contributed by atoms with Crippen molar-refractivity contribution < 1.29 is 9.53 Å². The molecule has 0 N–H and O–H groups in total. The minimum atomic E-state index is -0.251. The summed E-state index contributed by atoms with van der Waals surface area (Å²) >= 11 is 0. The van der Waals surface area contributed by atoms with Crippen LogP contribution in [0, 0.1) is 0 Å². The molecular formula is C28H38N4O2. The van der Waals surface area contributed by atoms with Crippen molar-refractivity contribution >= 4 is 16.7 Å². The molecule has 4 rings (SSSR count). The van der Waals surface area contributed by atoms with E-state index in [2.05, 4.69) is 58.2 Å². The molecule has 6 heteroatoms. The minimum Gasteiger partial charge on any atom is -0.455 e. The van der Waals surface area contributed by atoms with Crippen molar-refractivity contribution in [2.75, 3.05) is 39.5 Å². The molecule has 0 fully saturated rings. The number of unbranched alkanes of at least 4 members (excludes halogenated alkanes) is 2. The Morgan fingerprint density at radius 3 is 1.97 bits per heavy atom. The average Bonchev–Trinajstić information content (AvgIpc) is 3.50. The van der Waals surface area contributed by atoms with Crippen LogP contribution in [-0.4, -0.2) is 71.2 Å². The van der Waals surface area contributed by atoms with Crippen LogP contribution in [0.5, 0.6) is 0 Å². The average molecular weight is 463 g/mol. The third kappa shape index (κ3) is 6.25. The van der Waals surface area contributed by atoms with Gasteiger partial charge in [0.25, 0.3) is 0 Å². The van der Waals surface area contributed by atoms with Crippen molar-refractivity contribution in [3.05, 3.63) is 72.8 Å². The Morgan fingerprint density at radius 2 is 1.35 bits per heavy atom. The molecule has 0 unspecified atom stereocenters. The van der Waals surface area contributed by atoms with Crippen LogP contribution in [0.1, 0.15) is 49.9 Å². The summed E-state index contributed by atoms with van der Waals surface area (Å²) in [5.74, 6) is -0.251. The summed E-state index contributed by atoms with van der Waals surface area (Å²) < 4.78 is 6.17. The van der Waals surface area contributed by atoms with E-state index in [1.54, 1.807) is 0 Å². The summed E-state index contributed by atoms with van der Waals surface area (Å²) in [5.41, 5.74) is 0.631. The maximum Gasteiger partial charge on any atom is 0.339 e. The van der Waals surface area contributed by atoms with Crippen LogP contribution in [0.25, 0.3) is 10.8 Å². The molecule has 0 saturated heterocycles. The first-order valence-corrected chi connectivity index (χ1v) is 12.7. The Bertz CT molecular complexity index is 966. The van der Waals surface area contributed by atoms with E-state index in [9.17, 15) is 4.79 Å². The van der Waals surface area contributed by atoms with E-state index in [0.29, 0.717) is 18.7 Å². The fourth-order valence-electron chi connectivity index (χ4n) is 4.56. The van der Waals surface area contributed by atoms with Crippen LogP contribution in [0.3, 0.4) is 0 Å². The second-order valence-corrected chi connectivity index (χ2v) is 9.31. The van der Waals surface area contributed by atoms with Crippen molar-refractivity contribution in [2.45, 2.75) is 45.6 Å². The van der Waals surface area contributed by atoms with Gasteiger partial charge in [0.05, 0.1) is 32.0 Å². The van der Waals surface area contributed by atoms with E-state index in [1.807, 2.05) is 42.5 Å². The molecule has 2 aliphatic heterocycles. The highest BCUT2D eigenvalue weighted by molar-refractivity contribution is 6.04. The Labute approximate surface area is 204 Å². The van der Waals surface area contributed by atoms with Crippen molar-refractivity contribution in [1.82, 2.24) is 19.6 Å². The first-order valence-electron chi connectivity index (χ1n) is 12.7. The van der Waals surface area contributed by atoms with E-state index in [0.717, 1.165) is 37.2 Å². The van der Waals surface area contributed by atoms with Crippen LogP contribution < -0.4 is 0 Å². The van der Waals surface area contributed by atoms with Crippen molar-refractivity contribution in [2.24, 2.45) is 0 Å². The normalized spacial score (nSPS) is 15.4. The summed E-state index contributed by atoms with van der Waals surface area (Å²) in [6.07, 6.45) is 13.1. The summed E-state index contributed by atoms with van der Waals surface area (Å²) in [5, 5.41) is 1.99. The highest BCUT2D eigenvalue weighted by Gasteiger charge is 2.25. The molecule has 0 amide bonds. The predicted molar refractivity (Wildman–Crippen MR) is 138 cm³/mol. The number of ether oxygens (including phenoxy) is 1. The van der Waals surface area contributed by atoms with Crippen LogP contribution in [0.15, 0.2) is 67.3 Å². The van der Waals surface area contributed by atoms with Gasteiger partial charge >= 0.3 is 5.97 Å². The summed E-state index contributed by atoms with van der Waals surface area (Å²) in [6, 6.07) is 13.8. The van der Waals surface area contributed by atoms with E-state index in [1.165, 1.54) is 25.7 Å². The molecule has 0 bridgehead atoms. The monoisotopic (exact) mass is 462 g/mol. The second kappa shape index (κ2) is 11.8. The number of hydrogen-bond acceptors (Lipinski definition) is 6. The van der Waals surface area contributed by atoms with Crippen LogP contribution in [0.4, 0.5) is 0 Å². The zero-order valence-corrected chi connectivity index (χ0v) is 20.6. The lowest BCUT2D eigenvalue weighted by molar-refractivity contribution is 0.0148. The molecule has 182 valence electrons. The minimum absolute atomic E-state index is 0.238. The lowest BCUT2D eigenvalue weighted by Crippen LogP contribution is -2.41. The molecule has 2 aromatic carbocycles. The molecule has 0 atom stereocenters. The molecular weight excluding hydrogens is 424 g/mol. The molecule has 2 heterocycles. The van der Waals surface area contributed by atoms with Crippen LogP contribution >= 0.6 is 0 Å². The molecule has 0 saturated carbocycles. The van der Waals surface area contributed by atoms with E-state index in [-0.39, 0.29) is 12.1 Å². The summed E-state index contributed by atoms with van der Waals surface area (Å²) in [4.78, 5) is 22.5. The van der Waals surface area contributed by atoms with Gasteiger partial charge in [0.15, 0.2) is 0 Å². The van der Waals surface area contributed by atoms with E-state index >= 15 is 0 Å². The number of rotatable bonds is 12. The fourth-order valence-corrected chi connectivity index (χ4v) is 4.56. The zero-order chi connectivity index (χ0) is 23.8. The van der Waals surface area contributed by atoms with Gasteiger partial charge in [-0.05, 0) is 29.7 Å². The first kappa shape index (κ1) is 24.0. The van der Waals surface area contributed by atoms with Crippen molar-refractivity contribution in [1.29, 1.82) is 0 Å². The Kier molecular flexibility index (Phi) is 8.34. The summed E-state index contributed by atoms with van der Waals surface area (Å²) in [6.45, 7) is 9.60. The number of hydrogen-bond donors (Lipinski definition) is 0. The summed E-state index contributed by atoms with van der Waals surface area (Å²) in [7, 11) is 0. The van der Waals surface area contributed by atoms with Crippen molar-refractivity contribution in [3.63, 3.8) is 0 Å². The molecule has 6 nitrogen and oxygen atoms in total. The maximum absolute atomic E-state index is 13.3. The van der Waals surface area contributed by atoms with Gasteiger partial charge in [-0.2, -0.15) is 0 Å². The predicted octanol–water partition coefficient (Wildman–Crippen LogP) is 5.06. The van der Waals surface area contributed by atoms with Gasteiger partial charge in [0.2, 0.25) is 0 Å². The topological polar surface area (TPSA) is 39.3 Å². The number of nitrogens with zero attached hydrogens (tertiary/aromatic N) is 4. The number of carbonyl (C=O) groups excluding carboxylic acids is 1. The van der Waals surface area contributed by atoms with Gasteiger partial charge in [-0.3, -0.25) is 0 Å². The third-order valence-corrected chi connectivity index (χ3v) is 6.46. The molecule has 0 radical (unpaired) electrons. The van der Waals surface area contributed by atoms with Gasteiger partial charge in [-0.1, -0.05) is 63.1 Å². The molecule has 0 spiro atoms. The number of esters is 1. The van der Waals surface area contributed by atoms with Gasteiger partial charge in [-0.25, -0.2) is 4.79 Å². The fraction of sp³-hybridized carbons (Fsp3) is 0.464. The maximum atomic E-state index is 13.3. The third-order valence-electron chi connectivity index (χ3n) is 6.46. The number of carbonyl (C=O) groups is 1. The quantitative estimate of drug-likeness (QED) is 0.411. The lowest BCUT2D eigenvalue weighted by Gasteiger charge is -2.29. The van der Waals surface area contributed by atoms with Crippen LogP contribution in [0.2, 0.25) is 0 Å². The van der Waals surface area contributed by atoms with Gasteiger partial charge in [0, 0.05) is 37.9 Å². The van der Waals surface area contributed by atoms with E-state index in [4.69, 9.17) is 4.74 Å². The smallest absolute Gasteiger partial charge is 0.339 e. The number of fused-ring (bicyclic) bond motifs is 1. The second-order valence-electron chi connectivity index (χ2n) is 9.31. The highest BCUT2D eigenvalue weighted by Crippen LogP contribution is 2.21. The molecule has 0 aromatic heterocycles. The van der Waals surface area contributed by atoms with E-state index < -0.39 is 0 Å². The van der Waals surface area contributed by atoms with Crippen LogP contribution in [-0.2, 0) is 4.74 Å². The standard InChI is InChI=1S/C28H38N4O2/c1-3-5-14-29-16-18-31(22-29)20-25(21-32-19-17-30(23-32)15-6-4-2)34-28(33)27-13-9-11-24-10-7-8-12-26(24)27/h7-13,16-19,25H,3-6,14-15,20-23H2,1-2H3. The molecule has 2 aromatic rings. The van der Waals surface area contributed by atoms with Crippen molar-refractivity contribution in [3.8, 4) is 0 Å². The highest BCUT2D eigenvalue weighted by atomic mass is 16.5. The SMILES string of the molecule is CCCCN1C=CN(CC(CN2C=CN(CCCC)C2)OC(=O)c2cccc3ccccc23)C1. The molecule has 0 aliphatic carbocycles. The zero-order valence-electron chi connectivity index (χ0n) is 20.6. The van der Waals surface area contributed by atoms with Gasteiger partial charge in [0.1, 0.15) is 6.10 Å².